The maximum atomic E-state index is 12.6. The average Bonchev–Trinajstić information content (AvgIpc) is 3.44. The first-order valence-corrected chi connectivity index (χ1v) is 26.3. The van der Waals surface area contributed by atoms with E-state index < -0.39 is 55.7 Å². The molecule has 0 amide bonds. The number of aliphatic carboxylic acids is 3. The van der Waals surface area contributed by atoms with Gasteiger partial charge in [-0.25, -0.2) is 4.79 Å². The minimum Gasteiger partial charge on any atom is -0.489 e. The van der Waals surface area contributed by atoms with Crippen molar-refractivity contribution in [3.8, 4) is 28.7 Å². The monoisotopic (exact) mass is 1090 g/mol. The van der Waals surface area contributed by atoms with Gasteiger partial charge in [0.2, 0.25) is 0 Å². The van der Waals surface area contributed by atoms with Gasteiger partial charge in [-0.2, -0.15) is 0 Å². The number of benzene rings is 5. The highest BCUT2D eigenvalue weighted by atomic mass is 16.6. The molecule has 422 valence electrons. The fourth-order valence-electron chi connectivity index (χ4n) is 8.53. The molecule has 79 heavy (non-hydrogen) atoms. The third kappa shape index (κ3) is 22.0. The largest absolute Gasteiger partial charge is 0.489 e. The summed E-state index contributed by atoms with van der Waals surface area (Å²) in [6.07, 6.45) is 7.34. The van der Waals surface area contributed by atoms with E-state index >= 15 is 0 Å². The first-order chi connectivity index (χ1) is 38.2. The number of hydrogen-bond donors (Lipinski definition) is 4. The van der Waals surface area contributed by atoms with Crippen molar-refractivity contribution >= 4 is 42.7 Å². The van der Waals surface area contributed by atoms with Crippen molar-refractivity contribution in [3.63, 3.8) is 0 Å². The summed E-state index contributed by atoms with van der Waals surface area (Å²) in [6, 6.07) is 31.2. The van der Waals surface area contributed by atoms with E-state index in [-0.39, 0.29) is 88.2 Å². The van der Waals surface area contributed by atoms with Crippen molar-refractivity contribution in [1.82, 2.24) is 14.7 Å². The molecule has 0 saturated carbocycles. The Morgan fingerprint density at radius 2 is 1.00 bits per heavy atom. The molecule has 0 radical (unpaired) electrons. The van der Waals surface area contributed by atoms with Crippen molar-refractivity contribution in [2.45, 2.75) is 84.2 Å². The number of carbonyl (C=O) groups is 7. The lowest BCUT2D eigenvalue weighted by molar-refractivity contribution is -0.144. The quantitative estimate of drug-likeness (QED) is 0.0278. The lowest BCUT2D eigenvalue weighted by atomic mass is 10.0. The zero-order valence-corrected chi connectivity index (χ0v) is 44.7. The molecule has 2 unspecified atom stereocenters. The Kier molecular flexibility index (Phi) is 26.0. The van der Waals surface area contributed by atoms with Gasteiger partial charge in [0.25, 0.3) is 0 Å². The van der Waals surface area contributed by atoms with Gasteiger partial charge < -0.3 is 53.7 Å². The Balaban J connectivity index is 1.37. The van der Waals surface area contributed by atoms with Gasteiger partial charge in [0.05, 0.1) is 38.3 Å². The number of unbranched alkanes of at least 4 members (excludes halogenated alkanes) is 2. The summed E-state index contributed by atoms with van der Waals surface area (Å²) in [4.78, 5) is 87.8. The van der Waals surface area contributed by atoms with Crippen molar-refractivity contribution in [3.05, 3.63) is 148 Å². The second-order valence-corrected chi connectivity index (χ2v) is 19.0. The van der Waals surface area contributed by atoms with Crippen molar-refractivity contribution in [1.29, 1.82) is 0 Å². The summed E-state index contributed by atoms with van der Waals surface area (Å²) in [5.41, 5.74) is 4.97. The smallest absolute Gasteiger partial charge is 0.339 e. The van der Waals surface area contributed by atoms with Crippen LogP contribution in [0.5, 0.6) is 28.7 Å². The van der Waals surface area contributed by atoms with E-state index in [1.165, 1.54) is 38.0 Å². The Morgan fingerprint density at radius 1 is 0.532 bits per heavy atom. The van der Waals surface area contributed by atoms with Gasteiger partial charge in [-0.05, 0) is 108 Å². The van der Waals surface area contributed by atoms with Crippen molar-refractivity contribution in [2.75, 3.05) is 65.6 Å². The number of carboxylic acid groups (broad SMARTS) is 4. The van der Waals surface area contributed by atoms with E-state index in [4.69, 9.17) is 23.7 Å². The SMILES string of the molecule is CCCCc1ccc(COc2ccc(OCC(COc3ccc(OCc4ccc(CCCC)cc4)cc3C(=O)O)Oc3ccc(CC(CN(CCN(CC=O)CC=O)CC(=O)O)N(CC(=O)O)CC(=O)O)cc3)c(C=O)c2)cc1. The minimum atomic E-state index is -1.30. The van der Waals surface area contributed by atoms with Crippen molar-refractivity contribution < 1.29 is 77.7 Å². The number of aldehydes is 3. The Morgan fingerprint density at radius 3 is 1.49 bits per heavy atom. The van der Waals surface area contributed by atoms with Crippen LogP contribution in [0.4, 0.5) is 0 Å². The second kappa shape index (κ2) is 33.2. The summed E-state index contributed by atoms with van der Waals surface area (Å²) < 4.78 is 30.7. The van der Waals surface area contributed by atoms with Crippen LogP contribution in [0.2, 0.25) is 0 Å². The first-order valence-electron chi connectivity index (χ1n) is 26.3. The molecule has 0 saturated heterocycles. The molecule has 0 aliphatic rings. The number of aryl methyl sites for hydroxylation is 2. The molecule has 0 spiro atoms. The van der Waals surface area contributed by atoms with Gasteiger partial charge in [-0.15, -0.1) is 0 Å². The molecule has 4 N–H and O–H groups in total. The molecule has 0 aliphatic carbocycles. The first kappa shape index (κ1) is 61.7. The number of carbonyl (C=O) groups excluding carboxylic acids is 3. The molecule has 5 aromatic carbocycles. The van der Waals surface area contributed by atoms with Crippen LogP contribution in [0.25, 0.3) is 0 Å². The zero-order valence-electron chi connectivity index (χ0n) is 44.7. The van der Waals surface area contributed by atoms with Gasteiger partial charge in [0, 0.05) is 25.7 Å². The molecule has 2 atom stereocenters. The Bertz CT molecular complexity index is 2710. The normalized spacial score (nSPS) is 11.9. The molecular formula is C60H71N3O16. The molecule has 5 rings (SSSR count). The van der Waals surface area contributed by atoms with Crippen molar-refractivity contribution in [2.24, 2.45) is 0 Å². The molecule has 19 nitrogen and oxygen atoms in total. The molecule has 0 aliphatic heterocycles. The predicted molar refractivity (Wildman–Crippen MR) is 293 cm³/mol. The third-order valence-corrected chi connectivity index (χ3v) is 12.8. The number of hydrogen-bond acceptors (Lipinski definition) is 15. The summed E-state index contributed by atoms with van der Waals surface area (Å²) in [5, 5.41) is 39.7. The number of aromatic carboxylic acids is 1. The molecule has 19 heteroatoms. The topological polar surface area (TPSA) is 256 Å². The van der Waals surface area contributed by atoms with E-state index in [0.717, 1.165) is 49.7 Å². The highest BCUT2D eigenvalue weighted by Crippen LogP contribution is 2.28. The Hall–Kier alpha value is -8.13. The highest BCUT2D eigenvalue weighted by Gasteiger charge is 2.28. The Labute approximate surface area is 460 Å². The standard InChI is InChI=1S/C60H71N3O16/c1-3-5-7-43-9-13-46(14-10-43)39-75-51-21-23-55(48(32-51)38-66)77-41-53(42-78-56-24-22-52(33-54(56)60(73)74)76-40-47-15-11-44(12-16-47)8-6-4-2)79-50-19-17-45(18-20-50)31-49(63(36-58(69)70)37-59(71)72)34-62(35-57(67)68)26-25-61(27-29-64)28-30-65/h9-24,29-30,32-33,38,49,53H,3-8,25-28,31,34-37,39-42H2,1-2H3,(H,67,68)(H,69,70)(H,71,72)(H,73,74). The van der Waals surface area contributed by atoms with E-state index in [2.05, 4.69) is 38.1 Å². The highest BCUT2D eigenvalue weighted by molar-refractivity contribution is 5.91. The molecular weight excluding hydrogens is 1020 g/mol. The lowest BCUT2D eigenvalue weighted by Gasteiger charge is -2.34. The summed E-state index contributed by atoms with van der Waals surface area (Å²) in [7, 11) is 0. The van der Waals surface area contributed by atoms with Crippen LogP contribution in [0.3, 0.4) is 0 Å². The van der Waals surface area contributed by atoms with E-state index in [9.17, 15) is 54.0 Å². The fourth-order valence-corrected chi connectivity index (χ4v) is 8.53. The van der Waals surface area contributed by atoms with Gasteiger partial charge in [-0.1, -0.05) is 87.4 Å². The number of nitrogens with zero attached hydrogens (tertiary/aromatic N) is 3. The average molecular weight is 1090 g/mol. The second-order valence-electron chi connectivity index (χ2n) is 19.0. The number of rotatable bonds is 40. The number of ether oxygens (including phenoxy) is 5. The third-order valence-electron chi connectivity index (χ3n) is 12.8. The van der Waals surface area contributed by atoms with Gasteiger partial charge >= 0.3 is 23.9 Å². The maximum Gasteiger partial charge on any atom is 0.339 e. The molecule has 0 heterocycles. The molecule has 5 aromatic rings. The maximum absolute atomic E-state index is 12.6. The number of carboxylic acids is 4. The van der Waals surface area contributed by atoms with Crippen LogP contribution >= 0.6 is 0 Å². The summed E-state index contributed by atoms with van der Waals surface area (Å²) in [5.74, 6) is -3.80. The predicted octanol–water partition coefficient (Wildman–Crippen LogP) is 7.41. The molecule has 0 fully saturated rings. The fraction of sp³-hybridized carbons (Fsp3) is 0.383. The van der Waals surface area contributed by atoms with Crippen LogP contribution in [0.15, 0.2) is 109 Å². The lowest BCUT2D eigenvalue weighted by Crippen LogP contribution is -2.51. The molecule has 0 aromatic heterocycles. The van der Waals surface area contributed by atoms with Crippen LogP contribution in [0.1, 0.15) is 88.1 Å². The molecule has 0 bridgehead atoms. The zero-order chi connectivity index (χ0) is 56.9. The van der Waals surface area contributed by atoms with Gasteiger partial charge in [0.1, 0.15) is 73.3 Å². The van der Waals surface area contributed by atoms with E-state index in [0.29, 0.717) is 41.7 Å². The van der Waals surface area contributed by atoms with Crippen LogP contribution in [0, 0.1) is 0 Å². The van der Waals surface area contributed by atoms with E-state index in [1.807, 2.05) is 24.3 Å². The minimum absolute atomic E-state index is 0.0187. The summed E-state index contributed by atoms with van der Waals surface area (Å²) in [6.45, 7) is 2.37. The van der Waals surface area contributed by atoms with Crippen LogP contribution in [-0.4, -0.2) is 156 Å². The van der Waals surface area contributed by atoms with Crippen LogP contribution < -0.4 is 23.7 Å². The van der Waals surface area contributed by atoms with Crippen LogP contribution in [-0.2, 0) is 56.4 Å². The van der Waals surface area contributed by atoms with Gasteiger partial charge in [-0.3, -0.25) is 33.9 Å². The summed E-state index contributed by atoms with van der Waals surface area (Å²) >= 11 is 0. The van der Waals surface area contributed by atoms with E-state index in [1.54, 1.807) is 48.5 Å². The van der Waals surface area contributed by atoms with Gasteiger partial charge in [0.15, 0.2) is 12.4 Å².